The molecule has 2 heterocycles. The molecule has 0 saturated carbocycles. The third kappa shape index (κ3) is 4.12. The lowest BCUT2D eigenvalue weighted by molar-refractivity contribution is 0.339. The molecule has 0 atom stereocenters. The Morgan fingerprint density at radius 2 is 1.13 bits per heavy atom. The van der Waals surface area contributed by atoms with E-state index in [4.69, 9.17) is 0 Å². The number of piperidine rings is 2. The van der Waals surface area contributed by atoms with Gasteiger partial charge in [-0.25, -0.2) is 0 Å². The van der Waals surface area contributed by atoms with Crippen LogP contribution in [-0.4, -0.2) is 26.2 Å². The highest BCUT2D eigenvalue weighted by molar-refractivity contribution is 4.80. The maximum absolute atomic E-state index is 3.43. The zero-order valence-corrected chi connectivity index (χ0v) is 9.80. The van der Waals surface area contributed by atoms with Crippen molar-refractivity contribution in [3.63, 3.8) is 0 Å². The minimum atomic E-state index is 0.980. The quantitative estimate of drug-likeness (QED) is 0.740. The summed E-state index contributed by atoms with van der Waals surface area (Å²) >= 11 is 0. The van der Waals surface area contributed by atoms with E-state index in [1.165, 1.54) is 64.7 Å². The van der Waals surface area contributed by atoms with E-state index in [0.717, 1.165) is 11.8 Å². The Kier molecular flexibility index (Phi) is 4.94. The van der Waals surface area contributed by atoms with Crippen LogP contribution in [0, 0.1) is 18.3 Å². The summed E-state index contributed by atoms with van der Waals surface area (Å²) in [6, 6.07) is 0. The molecule has 0 aromatic rings. The molecule has 2 heteroatoms. The van der Waals surface area contributed by atoms with E-state index in [1.807, 2.05) is 0 Å². The molecule has 0 spiro atoms. The summed E-state index contributed by atoms with van der Waals surface area (Å²) in [6.07, 6.45) is 10.9. The van der Waals surface area contributed by atoms with Gasteiger partial charge in [0.05, 0.1) is 0 Å². The Morgan fingerprint density at radius 3 is 1.53 bits per heavy atom. The van der Waals surface area contributed by atoms with Gasteiger partial charge in [0.2, 0.25) is 0 Å². The van der Waals surface area contributed by atoms with E-state index in [2.05, 4.69) is 17.1 Å². The van der Waals surface area contributed by atoms with E-state index in [1.54, 1.807) is 0 Å². The van der Waals surface area contributed by atoms with Crippen molar-refractivity contribution in [2.75, 3.05) is 26.2 Å². The summed E-state index contributed by atoms with van der Waals surface area (Å²) < 4.78 is 0. The molecular formula is C13H25N2. The van der Waals surface area contributed by atoms with E-state index < -0.39 is 0 Å². The van der Waals surface area contributed by atoms with Crippen molar-refractivity contribution in [3.05, 3.63) is 6.42 Å². The number of hydrogen-bond donors (Lipinski definition) is 2. The van der Waals surface area contributed by atoms with E-state index >= 15 is 0 Å². The minimum absolute atomic E-state index is 0.980. The summed E-state index contributed by atoms with van der Waals surface area (Å²) in [5.41, 5.74) is 0. The van der Waals surface area contributed by atoms with Gasteiger partial charge < -0.3 is 10.6 Å². The van der Waals surface area contributed by atoms with Gasteiger partial charge in [-0.05, 0) is 83.0 Å². The highest BCUT2D eigenvalue weighted by Gasteiger charge is 2.15. The standard InChI is InChI=1S/C13H25N2/c1(2-12-4-8-14-9-5-12)3-13-6-10-15-11-7-13/h1,12-15H,2-11H2. The second kappa shape index (κ2) is 6.49. The van der Waals surface area contributed by atoms with Gasteiger partial charge in [0.25, 0.3) is 0 Å². The Bertz CT molecular complexity index is 140. The van der Waals surface area contributed by atoms with Crippen LogP contribution in [0.25, 0.3) is 0 Å². The molecule has 2 N–H and O–H groups in total. The molecule has 2 aliphatic heterocycles. The van der Waals surface area contributed by atoms with Crippen LogP contribution in [0.1, 0.15) is 38.5 Å². The minimum Gasteiger partial charge on any atom is -0.317 e. The second-order valence-corrected chi connectivity index (χ2v) is 5.15. The van der Waals surface area contributed by atoms with Crippen molar-refractivity contribution in [2.24, 2.45) is 11.8 Å². The van der Waals surface area contributed by atoms with Crippen molar-refractivity contribution in [1.82, 2.24) is 10.6 Å². The van der Waals surface area contributed by atoms with Gasteiger partial charge in [0, 0.05) is 0 Å². The summed E-state index contributed by atoms with van der Waals surface area (Å²) in [6.45, 7) is 4.97. The maximum atomic E-state index is 3.43. The highest BCUT2D eigenvalue weighted by atomic mass is 14.9. The van der Waals surface area contributed by atoms with Crippen molar-refractivity contribution in [2.45, 2.75) is 38.5 Å². The predicted molar refractivity (Wildman–Crippen MR) is 64.7 cm³/mol. The summed E-state index contributed by atoms with van der Waals surface area (Å²) in [7, 11) is 0. The van der Waals surface area contributed by atoms with E-state index in [9.17, 15) is 0 Å². The van der Waals surface area contributed by atoms with Crippen LogP contribution >= 0.6 is 0 Å². The SMILES string of the molecule is [CH](CC1CCNCC1)CC1CCNCC1. The van der Waals surface area contributed by atoms with Gasteiger partial charge in [-0.15, -0.1) is 0 Å². The first-order chi connectivity index (χ1) is 7.45. The van der Waals surface area contributed by atoms with Crippen LogP contribution in [0.3, 0.4) is 0 Å². The van der Waals surface area contributed by atoms with E-state index in [-0.39, 0.29) is 0 Å². The van der Waals surface area contributed by atoms with Gasteiger partial charge in [-0.1, -0.05) is 0 Å². The molecule has 2 nitrogen and oxygen atoms in total. The van der Waals surface area contributed by atoms with Crippen LogP contribution in [0.4, 0.5) is 0 Å². The molecule has 2 rings (SSSR count). The van der Waals surface area contributed by atoms with Gasteiger partial charge in [0.15, 0.2) is 0 Å². The Labute approximate surface area is 94.2 Å². The van der Waals surface area contributed by atoms with Gasteiger partial charge >= 0.3 is 0 Å². The van der Waals surface area contributed by atoms with Gasteiger partial charge in [0.1, 0.15) is 0 Å². The second-order valence-electron chi connectivity index (χ2n) is 5.15. The monoisotopic (exact) mass is 209 g/mol. The molecule has 1 radical (unpaired) electrons. The van der Waals surface area contributed by atoms with E-state index in [0.29, 0.717) is 0 Å². The lowest BCUT2D eigenvalue weighted by Crippen LogP contribution is -2.29. The van der Waals surface area contributed by atoms with Crippen molar-refractivity contribution in [3.8, 4) is 0 Å². The average Bonchev–Trinajstić information content (AvgIpc) is 2.32. The third-order valence-electron chi connectivity index (χ3n) is 3.92. The molecule has 0 aliphatic carbocycles. The molecule has 0 bridgehead atoms. The smallest absolute Gasteiger partial charge is 0.00463 e. The maximum Gasteiger partial charge on any atom is -0.00463 e. The molecule has 2 aliphatic rings. The van der Waals surface area contributed by atoms with Gasteiger partial charge in [-0.2, -0.15) is 0 Å². The molecule has 2 saturated heterocycles. The molecule has 87 valence electrons. The zero-order valence-electron chi connectivity index (χ0n) is 9.80. The topological polar surface area (TPSA) is 24.1 Å². The fourth-order valence-electron chi connectivity index (χ4n) is 2.80. The Balaban J connectivity index is 1.53. The van der Waals surface area contributed by atoms with Crippen LogP contribution in [0.5, 0.6) is 0 Å². The van der Waals surface area contributed by atoms with Crippen LogP contribution in [0.15, 0.2) is 0 Å². The first-order valence-corrected chi connectivity index (χ1v) is 6.68. The van der Waals surface area contributed by atoms with Crippen LogP contribution in [-0.2, 0) is 0 Å². The zero-order chi connectivity index (χ0) is 10.3. The van der Waals surface area contributed by atoms with Crippen molar-refractivity contribution < 1.29 is 0 Å². The highest BCUT2D eigenvalue weighted by Crippen LogP contribution is 2.23. The summed E-state index contributed by atoms with van der Waals surface area (Å²) in [5.74, 6) is 1.96. The normalized spacial score (nSPS) is 25.6. The molecule has 0 aromatic heterocycles. The first-order valence-electron chi connectivity index (χ1n) is 6.68. The lowest BCUT2D eigenvalue weighted by atomic mass is 9.87. The largest absolute Gasteiger partial charge is 0.317 e. The van der Waals surface area contributed by atoms with Crippen LogP contribution < -0.4 is 10.6 Å². The molecule has 15 heavy (non-hydrogen) atoms. The van der Waals surface area contributed by atoms with Crippen LogP contribution in [0.2, 0.25) is 0 Å². The third-order valence-corrected chi connectivity index (χ3v) is 3.92. The fraction of sp³-hybridized carbons (Fsp3) is 0.923. The summed E-state index contributed by atoms with van der Waals surface area (Å²) in [5, 5.41) is 6.86. The molecular weight excluding hydrogens is 184 g/mol. The Morgan fingerprint density at radius 1 is 0.733 bits per heavy atom. The van der Waals surface area contributed by atoms with Crippen molar-refractivity contribution >= 4 is 0 Å². The lowest BCUT2D eigenvalue weighted by Gasteiger charge is -2.25. The molecule has 0 aromatic carbocycles. The van der Waals surface area contributed by atoms with Gasteiger partial charge in [-0.3, -0.25) is 0 Å². The molecule has 0 unspecified atom stereocenters. The fourth-order valence-corrected chi connectivity index (χ4v) is 2.80. The number of rotatable bonds is 4. The number of hydrogen-bond acceptors (Lipinski definition) is 2. The average molecular weight is 209 g/mol. The Hall–Kier alpha value is -0.0800. The van der Waals surface area contributed by atoms with Crippen molar-refractivity contribution in [1.29, 1.82) is 0 Å². The molecule has 2 fully saturated rings. The molecule has 0 amide bonds. The number of nitrogens with one attached hydrogen (secondary N) is 2. The first kappa shape index (κ1) is 11.4. The summed E-state index contributed by atoms with van der Waals surface area (Å²) in [4.78, 5) is 0. The predicted octanol–water partition coefficient (Wildman–Crippen LogP) is 1.97.